The summed E-state index contributed by atoms with van der Waals surface area (Å²) in [5.74, 6) is 0.821. The molecule has 0 aliphatic carbocycles. The van der Waals surface area contributed by atoms with Crippen molar-refractivity contribution >= 4 is 6.21 Å². The minimum absolute atomic E-state index is 0.636. The predicted molar refractivity (Wildman–Crippen MR) is 60.6 cm³/mol. The van der Waals surface area contributed by atoms with E-state index in [-0.39, 0.29) is 0 Å². The maximum Gasteiger partial charge on any atom is 0.141 e. The summed E-state index contributed by atoms with van der Waals surface area (Å²) in [6, 6.07) is 7.73. The fourth-order valence-electron chi connectivity index (χ4n) is 1.26. The third-order valence-electron chi connectivity index (χ3n) is 1.96. The zero-order valence-corrected chi connectivity index (χ0v) is 8.95. The fraction of sp³-hybridized carbons (Fsp3) is 0.182. The molecule has 0 unspecified atom stereocenters. The second kappa shape index (κ2) is 5.06. The highest BCUT2D eigenvalue weighted by atomic mass is 16.5. The van der Waals surface area contributed by atoms with E-state index in [2.05, 4.69) is 15.3 Å². The van der Waals surface area contributed by atoms with Gasteiger partial charge in [0.1, 0.15) is 18.4 Å². The van der Waals surface area contributed by atoms with E-state index in [0.29, 0.717) is 6.61 Å². The van der Waals surface area contributed by atoms with E-state index in [0.717, 1.165) is 11.3 Å². The van der Waals surface area contributed by atoms with E-state index in [1.807, 2.05) is 31.2 Å². The Morgan fingerprint density at radius 3 is 2.81 bits per heavy atom. The van der Waals surface area contributed by atoms with Gasteiger partial charge in [-0.15, -0.1) is 10.2 Å². The van der Waals surface area contributed by atoms with Crippen LogP contribution in [-0.2, 0) is 0 Å². The molecule has 0 aliphatic rings. The smallest absolute Gasteiger partial charge is 0.141 e. The molecule has 2 aromatic rings. The number of hydrogen-bond acceptors (Lipinski definition) is 4. The van der Waals surface area contributed by atoms with E-state index in [1.165, 1.54) is 17.3 Å². The molecular formula is C11H12N4O. The fourth-order valence-corrected chi connectivity index (χ4v) is 1.26. The first-order valence-electron chi connectivity index (χ1n) is 5.01. The van der Waals surface area contributed by atoms with Crippen molar-refractivity contribution in [1.29, 1.82) is 0 Å². The molecule has 1 aromatic carbocycles. The first-order chi connectivity index (χ1) is 7.90. The third-order valence-corrected chi connectivity index (χ3v) is 1.96. The zero-order chi connectivity index (χ0) is 11.2. The van der Waals surface area contributed by atoms with Crippen molar-refractivity contribution in [1.82, 2.24) is 14.9 Å². The number of aromatic nitrogens is 3. The van der Waals surface area contributed by atoms with E-state index in [1.54, 1.807) is 6.21 Å². The van der Waals surface area contributed by atoms with Gasteiger partial charge >= 0.3 is 0 Å². The van der Waals surface area contributed by atoms with Crippen LogP contribution in [0.4, 0.5) is 0 Å². The Balaban J connectivity index is 2.20. The van der Waals surface area contributed by atoms with Gasteiger partial charge < -0.3 is 4.74 Å². The van der Waals surface area contributed by atoms with Crippen molar-refractivity contribution in [3.63, 3.8) is 0 Å². The SMILES string of the molecule is CCOc1ccccc1/C=N/n1cnnc1. The van der Waals surface area contributed by atoms with Crippen LogP contribution < -0.4 is 4.74 Å². The van der Waals surface area contributed by atoms with Gasteiger partial charge in [-0.1, -0.05) is 12.1 Å². The second-order valence-electron chi connectivity index (χ2n) is 3.06. The van der Waals surface area contributed by atoms with Crippen molar-refractivity contribution in [2.24, 2.45) is 5.10 Å². The largest absolute Gasteiger partial charge is 0.493 e. The van der Waals surface area contributed by atoms with Crippen LogP contribution in [0.2, 0.25) is 0 Å². The molecule has 0 amide bonds. The molecule has 0 spiro atoms. The van der Waals surface area contributed by atoms with E-state index < -0.39 is 0 Å². The summed E-state index contributed by atoms with van der Waals surface area (Å²) in [5.41, 5.74) is 0.929. The van der Waals surface area contributed by atoms with Crippen LogP contribution in [0.25, 0.3) is 0 Å². The molecule has 0 saturated heterocycles. The summed E-state index contributed by atoms with van der Waals surface area (Å²) >= 11 is 0. The van der Waals surface area contributed by atoms with Gasteiger partial charge in [-0.05, 0) is 19.1 Å². The number of nitrogens with zero attached hydrogens (tertiary/aromatic N) is 4. The highest BCUT2D eigenvalue weighted by Crippen LogP contribution is 2.15. The van der Waals surface area contributed by atoms with Crippen LogP contribution >= 0.6 is 0 Å². The first-order valence-corrected chi connectivity index (χ1v) is 5.01. The molecule has 5 nitrogen and oxygen atoms in total. The lowest BCUT2D eigenvalue weighted by atomic mass is 10.2. The van der Waals surface area contributed by atoms with Gasteiger partial charge in [0.05, 0.1) is 12.8 Å². The molecule has 16 heavy (non-hydrogen) atoms. The Morgan fingerprint density at radius 2 is 2.06 bits per heavy atom. The standard InChI is InChI=1S/C11H12N4O/c1-2-16-11-6-4-3-5-10(11)7-14-15-8-12-13-9-15/h3-9H,2H2,1H3/b14-7+. The lowest BCUT2D eigenvalue weighted by molar-refractivity contribution is 0.340. The normalized spacial score (nSPS) is 10.8. The van der Waals surface area contributed by atoms with E-state index in [4.69, 9.17) is 4.74 Å². The molecule has 5 heteroatoms. The number of para-hydroxylation sites is 1. The van der Waals surface area contributed by atoms with Gasteiger partial charge in [-0.25, -0.2) is 4.68 Å². The van der Waals surface area contributed by atoms with Crippen molar-refractivity contribution < 1.29 is 4.74 Å². The minimum atomic E-state index is 0.636. The van der Waals surface area contributed by atoms with Gasteiger partial charge in [-0.2, -0.15) is 5.10 Å². The van der Waals surface area contributed by atoms with Gasteiger partial charge in [0.2, 0.25) is 0 Å². The van der Waals surface area contributed by atoms with Gasteiger partial charge in [0, 0.05) is 5.56 Å². The van der Waals surface area contributed by atoms with Crippen LogP contribution in [0, 0.1) is 0 Å². The molecule has 0 fully saturated rings. The van der Waals surface area contributed by atoms with Crippen LogP contribution in [0.1, 0.15) is 12.5 Å². The van der Waals surface area contributed by atoms with Crippen LogP contribution in [0.15, 0.2) is 42.0 Å². The molecule has 2 rings (SSSR count). The maximum atomic E-state index is 5.48. The quantitative estimate of drug-likeness (QED) is 0.729. The molecule has 1 heterocycles. The van der Waals surface area contributed by atoms with Crippen molar-refractivity contribution in [3.8, 4) is 5.75 Å². The topological polar surface area (TPSA) is 52.3 Å². The average molecular weight is 216 g/mol. The second-order valence-corrected chi connectivity index (χ2v) is 3.06. The summed E-state index contributed by atoms with van der Waals surface area (Å²) in [6.45, 7) is 2.59. The van der Waals surface area contributed by atoms with Crippen molar-refractivity contribution in [3.05, 3.63) is 42.5 Å². The molecule has 82 valence electrons. The molecule has 0 saturated carbocycles. The Labute approximate surface area is 93.4 Å². The molecule has 0 bridgehead atoms. The van der Waals surface area contributed by atoms with Gasteiger partial charge in [0.25, 0.3) is 0 Å². The summed E-state index contributed by atoms with van der Waals surface area (Å²) in [4.78, 5) is 0. The minimum Gasteiger partial charge on any atom is -0.493 e. The van der Waals surface area contributed by atoms with Gasteiger partial charge in [0.15, 0.2) is 0 Å². The molecule has 1 aromatic heterocycles. The average Bonchev–Trinajstić information content (AvgIpc) is 2.81. The van der Waals surface area contributed by atoms with Crippen LogP contribution in [0.3, 0.4) is 0 Å². The lowest BCUT2D eigenvalue weighted by Crippen LogP contribution is -1.96. The van der Waals surface area contributed by atoms with Crippen LogP contribution in [-0.4, -0.2) is 27.7 Å². The molecular weight excluding hydrogens is 204 g/mol. The van der Waals surface area contributed by atoms with Crippen molar-refractivity contribution in [2.75, 3.05) is 6.61 Å². The Kier molecular flexibility index (Phi) is 3.28. The third kappa shape index (κ3) is 2.44. The Hall–Kier alpha value is -2.17. The van der Waals surface area contributed by atoms with E-state index in [9.17, 15) is 0 Å². The zero-order valence-electron chi connectivity index (χ0n) is 8.95. The van der Waals surface area contributed by atoms with Gasteiger partial charge in [-0.3, -0.25) is 0 Å². The highest BCUT2D eigenvalue weighted by Gasteiger charge is 1.98. The Bertz CT molecular complexity index is 465. The Morgan fingerprint density at radius 1 is 1.31 bits per heavy atom. The monoisotopic (exact) mass is 216 g/mol. The molecule has 0 aliphatic heterocycles. The summed E-state index contributed by atoms with van der Waals surface area (Å²) < 4.78 is 7.01. The first kappa shape index (κ1) is 10.4. The molecule has 0 atom stereocenters. The summed E-state index contributed by atoms with van der Waals surface area (Å²) in [6.07, 6.45) is 4.77. The number of ether oxygens (including phenoxy) is 1. The number of hydrogen-bond donors (Lipinski definition) is 0. The molecule has 0 radical (unpaired) electrons. The highest BCUT2D eigenvalue weighted by molar-refractivity contribution is 5.83. The number of rotatable bonds is 4. The van der Waals surface area contributed by atoms with Crippen molar-refractivity contribution in [2.45, 2.75) is 6.92 Å². The summed E-state index contributed by atoms with van der Waals surface area (Å²) in [5, 5.41) is 11.5. The maximum absolute atomic E-state index is 5.48. The summed E-state index contributed by atoms with van der Waals surface area (Å²) in [7, 11) is 0. The molecule has 0 N–H and O–H groups in total. The van der Waals surface area contributed by atoms with E-state index >= 15 is 0 Å². The predicted octanol–water partition coefficient (Wildman–Crippen LogP) is 1.56. The lowest BCUT2D eigenvalue weighted by Gasteiger charge is -2.05. The van der Waals surface area contributed by atoms with Crippen LogP contribution in [0.5, 0.6) is 5.75 Å². The number of benzene rings is 1.